The first-order valence-corrected chi connectivity index (χ1v) is 36.9. The zero-order valence-electron chi connectivity index (χ0n) is 44.2. The second-order valence-electron chi connectivity index (χ2n) is 28.2. The Bertz CT molecular complexity index is 2000. The molecule has 368 valence electrons. The Morgan fingerprint density at radius 1 is 0.500 bits per heavy atom. The zero-order valence-corrected chi connectivity index (χ0v) is 49.2. The molecule has 10 saturated carbocycles. The molecule has 10 fully saturated rings. The van der Waals surface area contributed by atoms with Gasteiger partial charge in [0.1, 0.15) is 0 Å². The fourth-order valence-corrected chi connectivity index (χ4v) is 26.4. The maximum absolute atomic E-state index is 4.93. The molecule has 0 saturated heterocycles. The van der Waals surface area contributed by atoms with E-state index in [1.807, 2.05) is 0 Å². The molecular formula is C64H90Cl2SiZr. The van der Waals surface area contributed by atoms with Crippen molar-refractivity contribution in [3.63, 3.8) is 0 Å². The third-order valence-corrected chi connectivity index (χ3v) is 26.7. The molecule has 4 heteroatoms. The van der Waals surface area contributed by atoms with Crippen LogP contribution in [0.3, 0.4) is 0 Å². The molecule has 12 aliphatic carbocycles. The van der Waals surface area contributed by atoms with Gasteiger partial charge in [0, 0.05) is 0 Å². The van der Waals surface area contributed by atoms with Crippen LogP contribution in [0.4, 0.5) is 0 Å². The first-order valence-electron chi connectivity index (χ1n) is 27.4. The summed E-state index contributed by atoms with van der Waals surface area (Å²) in [6.45, 7) is 20.3. The Kier molecular flexibility index (Phi) is 14.8. The molecule has 8 atom stereocenters. The molecule has 0 aromatic heterocycles. The van der Waals surface area contributed by atoms with Gasteiger partial charge in [-0.2, -0.15) is 0 Å². The van der Waals surface area contributed by atoms with Crippen LogP contribution in [-0.4, -0.2) is 8.07 Å². The van der Waals surface area contributed by atoms with Crippen molar-refractivity contribution in [1.29, 1.82) is 0 Å². The van der Waals surface area contributed by atoms with Crippen LogP contribution in [0.15, 0.2) is 85.0 Å². The van der Waals surface area contributed by atoms with Crippen molar-refractivity contribution in [1.82, 2.24) is 0 Å². The molecule has 68 heavy (non-hydrogen) atoms. The number of benzene rings is 2. The molecule has 0 N–H and O–H groups in total. The molecule has 14 rings (SSSR count). The summed E-state index contributed by atoms with van der Waals surface area (Å²) in [5.74, 6) is 10.7. The van der Waals surface area contributed by atoms with Crippen LogP contribution >= 0.6 is 17.0 Å². The fraction of sp³-hybridized carbons (Fsp3) is 0.656. The molecule has 2 aromatic rings. The van der Waals surface area contributed by atoms with Crippen molar-refractivity contribution < 1.29 is 20.8 Å². The SMILES string of the molecule is CC(C)(C)c1ccc(C2=CC=CC3C2CC(CC24CC5CC(CC(C5)C2)C4)C3[Si](C)(C)C2C(CC34CC5CC(CC(C5)C3)C4)CC3C(c4ccc(C(C)(C)C)cc4)=CC=CC32)cc1.[CH3-].[CH3-].[Cl][Zr+2][Cl]. The molecule has 0 aliphatic heterocycles. The number of allylic oxidation sites excluding steroid dienone is 8. The van der Waals surface area contributed by atoms with Crippen LogP contribution < -0.4 is 0 Å². The summed E-state index contributed by atoms with van der Waals surface area (Å²) in [6.07, 6.45) is 40.7. The topological polar surface area (TPSA) is 0 Å². The van der Waals surface area contributed by atoms with Gasteiger partial charge in [-0.3, -0.25) is 0 Å². The van der Waals surface area contributed by atoms with Crippen LogP contribution in [0.1, 0.15) is 167 Å². The van der Waals surface area contributed by atoms with Crippen LogP contribution in [0, 0.1) is 96.7 Å². The van der Waals surface area contributed by atoms with E-state index in [4.69, 9.17) is 17.0 Å². The second kappa shape index (κ2) is 19.4. The zero-order chi connectivity index (χ0) is 46.0. The summed E-state index contributed by atoms with van der Waals surface area (Å²) in [4.78, 5) is 0. The van der Waals surface area contributed by atoms with Crippen molar-refractivity contribution in [3.8, 4) is 0 Å². The van der Waals surface area contributed by atoms with Crippen LogP contribution in [0.5, 0.6) is 0 Å². The Hall–Kier alpha value is -0.920. The van der Waals surface area contributed by atoms with Crippen molar-refractivity contribution in [2.75, 3.05) is 0 Å². The normalized spacial score (nSPS) is 40.3. The predicted octanol–water partition coefficient (Wildman–Crippen LogP) is 19.3. The van der Waals surface area contributed by atoms with E-state index in [1.165, 1.54) is 35.1 Å². The van der Waals surface area contributed by atoms with Gasteiger partial charge in [0.05, 0.1) is 8.07 Å². The Morgan fingerprint density at radius 2 is 0.794 bits per heavy atom. The van der Waals surface area contributed by atoms with Gasteiger partial charge in [-0.1, -0.05) is 140 Å². The Balaban J connectivity index is 0.00000113. The molecule has 8 bridgehead atoms. The number of hydrogen-bond donors (Lipinski definition) is 0. The van der Waals surface area contributed by atoms with Gasteiger partial charge in [-0.05, 0) is 240 Å². The minimum atomic E-state index is -1.94. The van der Waals surface area contributed by atoms with Crippen LogP contribution in [-0.2, 0) is 31.7 Å². The monoisotopic (exact) mass is 1050 g/mol. The summed E-state index contributed by atoms with van der Waals surface area (Å²) in [5, 5.41) is 0. The molecule has 12 aliphatic rings. The molecule has 0 nitrogen and oxygen atoms in total. The summed E-state index contributed by atoms with van der Waals surface area (Å²) in [6, 6.07) is 19.9. The summed E-state index contributed by atoms with van der Waals surface area (Å²) < 4.78 is 0. The number of rotatable bonds is 8. The number of halogens is 2. The molecule has 0 spiro atoms. The standard InChI is InChI=1S/C62H84Si.2CH3.2ClH.Zr/c1-59(2,3)49-19-15-45(16-20-49)51-11-9-13-53-55(51)29-47(37-61-31-39-23-40(32-61)25-41(24-39)33-61)57(53)63(7,8)58-48(38-62-34-42-26-43(35-62)28-44(27-42)36-62)30-56-52(12-10-14-54(56)58)46-17-21-50(22-18-46)60(4,5)6;;;;;/h9-22,39-44,47-48,53-58H,23-38H2,1-8H3;2*1H3;2*1H;/q;2*-1;;;+4/p-2. The van der Waals surface area contributed by atoms with E-state index in [9.17, 15) is 0 Å². The molecule has 8 unspecified atom stereocenters. The number of hydrogen-bond acceptors (Lipinski definition) is 0. The van der Waals surface area contributed by atoms with E-state index in [1.54, 1.807) is 101 Å². The van der Waals surface area contributed by atoms with Crippen molar-refractivity contribution in [2.24, 2.45) is 81.8 Å². The third-order valence-electron chi connectivity index (χ3n) is 21.5. The average molecular weight is 1050 g/mol. The Morgan fingerprint density at radius 3 is 1.07 bits per heavy atom. The van der Waals surface area contributed by atoms with Gasteiger partial charge in [0.2, 0.25) is 0 Å². The third kappa shape index (κ3) is 9.57. The van der Waals surface area contributed by atoms with Gasteiger partial charge < -0.3 is 14.9 Å². The van der Waals surface area contributed by atoms with Gasteiger partial charge >= 0.3 is 37.9 Å². The molecule has 0 amide bonds. The number of fused-ring (bicyclic) bond motifs is 2. The molecule has 2 aromatic carbocycles. The summed E-state index contributed by atoms with van der Waals surface area (Å²) in [7, 11) is 7.93. The quantitative estimate of drug-likeness (QED) is 0.183. The van der Waals surface area contributed by atoms with E-state index < -0.39 is 28.9 Å². The molecule has 0 heterocycles. The predicted molar refractivity (Wildman–Crippen MR) is 295 cm³/mol. The average Bonchev–Trinajstić information content (AvgIpc) is 3.80. The van der Waals surface area contributed by atoms with Crippen molar-refractivity contribution in [2.45, 2.75) is 179 Å². The van der Waals surface area contributed by atoms with Gasteiger partial charge in [0.15, 0.2) is 0 Å². The first kappa shape index (κ1) is 52.0. The van der Waals surface area contributed by atoms with Crippen molar-refractivity contribution >= 4 is 36.2 Å². The minimum absolute atomic E-state index is 0. The maximum atomic E-state index is 4.93. The first-order chi connectivity index (χ1) is 31.4. The fourth-order valence-electron chi connectivity index (χ4n) is 20.4. The molecule has 0 radical (unpaired) electrons. The Labute approximate surface area is 436 Å². The van der Waals surface area contributed by atoms with Crippen molar-refractivity contribution in [3.05, 3.63) is 122 Å². The second-order valence-corrected chi connectivity index (χ2v) is 36.9. The van der Waals surface area contributed by atoms with E-state index in [-0.39, 0.29) is 25.7 Å². The molecular weight excluding hydrogens is 959 g/mol. The van der Waals surface area contributed by atoms with E-state index in [0.29, 0.717) is 34.5 Å². The van der Waals surface area contributed by atoms with Gasteiger partial charge in [-0.25, -0.2) is 0 Å². The summed E-state index contributed by atoms with van der Waals surface area (Å²) >= 11 is -0.826. The van der Waals surface area contributed by atoms with Gasteiger partial charge in [-0.15, -0.1) is 0 Å². The van der Waals surface area contributed by atoms with Crippen LogP contribution in [0.2, 0.25) is 24.2 Å². The van der Waals surface area contributed by atoms with Crippen LogP contribution in [0.25, 0.3) is 11.1 Å². The van der Waals surface area contributed by atoms with Gasteiger partial charge in [0.25, 0.3) is 0 Å². The van der Waals surface area contributed by atoms with E-state index in [0.717, 1.165) is 58.4 Å². The van der Waals surface area contributed by atoms with E-state index in [2.05, 4.69) is 140 Å². The summed E-state index contributed by atoms with van der Waals surface area (Å²) in [5.41, 5.74) is 12.7. The van der Waals surface area contributed by atoms with E-state index >= 15 is 0 Å².